The number of rotatable bonds is 1. The van der Waals surface area contributed by atoms with Gasteiger partial charge in [-0.1, -0.05) is 32.9 Å². The molecule has 0 bridgehead atoms. The molecule has 0 spiro atoms. The molecule has 4 heteroatoms. The number of benzene rings is 1. The van der Waals surface area contributed by atoms with Gasteiger partial charge < -0.3 is 15.6 Å². The Morgan fingerprint density at radius 1 is 1.47 bits per heavy atom. The van der Waals surface area contributed by atoms with Crippen molar-refractivity contribution in [3.05, 3.63) is 29.3 Å². The smallest absolute Gasteiger partial charge is 0.333 e. The number of nitrogens with two attached hydrogens (primary N) is 1. The fourth-order valence-corrected chi connectivity index (χ4v) is 1.98. The second-order valence-electron chi connectivity index (χ2n) is 3.77. The molecule has 1 heterocycles. The Balaban J connectivity index is 0.000000686. The summed E-state index contributed by atoms with van der Waals surface area (Å²) in [6, 6.07) is 5.56. The second kappa shape index (κ2) is 5.68. The van der Waals surface area contributed by atoms with Gasteiger partial charge in [0.05, 0.1) is 6.61 Å². The lowest BCUT2D eigenvalue weighted by Crippen LogP contribution is -2.33. The third kappa shape index (κ3) is 2.58. The van der Waals surface area contributed by atoms with Crippen LogP contribution in [0.15, 0.2) is 18.2 Å². The molecule has 0 radical (unpaired) electrons. The zero-order chi connectivity index (χ0) is 13.0. The Hall–Kier alpha value is -1.55. The van der Waals surface area contributed by atoms with Gasteiger partial charge in [-0.3, -0.25) is 0 Å². The van der Waals surface area contributed by atoms with Crippen molar-refractivity contribution in [2.45, 2.75) is 39.4 Å². The van der Waals surface area contributed by atoms with E-state index in [1.54, 1.807) is 6.07 Å². The normalized spacial score (nSPS) is 22.1. The van der Waals surface area contributed by atoms with E-state index < -0.39 is 12.1 Å². The van der Waals surface area contributed by atoms with Gasteiger partial charge in [0.1, 0.15) is 0 Å². The summed E-state index contributed by atoms with van der Waals surface area (Å²) in [4.78, 5) is 10.9. The fraction of sp³-hybridized carbons (Fsp3) is 0.462. The largest absolute Gasteiger partial charge is 0.479 e. The Bertz CT molecular complexity index is 404. The molecule has 3 N–H and O–H groups in total. The highest BCUT2D eigenvalue weighted by atomic mass is 16.5. The number of hydrogen-bond acceptors (Lipinski definition) is 3. The summed E-state index contributed by atoms with van der Waals surface area (Å²) in [5.74, 6) is -1.08. The third-order valence-corrected chi connectivity index (χ3v) is 2.84. The van der Waals surface area contributed by atoms with E-state index in [0.717, 1.165) is 11.1 Å². The standard InChI is InChI=1S/C11H13NO3.C2H6/c1-6-7-3-2-4-9(12)8(7)5-15-10(6)11(13)14;1-2/h2-4,6,10H,5,12H2,1H3,(H,13,14);1-2H3. The number of fused-ring (bicyclic) bond motifs is 1. The molecular weight excluding hydrogens is 218 g/mol. The molecule has 0 saturated carbocycles. The zero-order valence-corrected chi connectivity index (χ0v) is 10.4. The number of anilines is 1. The maximum Gasteiger partial charge on any atom is 0.333 e. The van der Waals surface area contributed by atoms with E-state index in [1.807, 2.05) is 32.9 Å². The van der Waals surface area contributed by atoms with Crippen molar-refractivity contribution in [3.8, 4) is 0 Å². The molecule has 4 nitrogen and oxygen atoms in total. The molecule has 17 heavy (non-hydrogen) atoms. The van der Waals surface area contributed by atoms with Gasteiger partial charge >= 0.3 is 5.97 Å². The molecule has 0 amide bonds. The molecule has 1 aliphatic rings. The van der Waals surface area contributed by atoms with E-state index in [2.05, 4.69) is 0 Å². The Morgan fingerprint density at radius 2 is 2.12 bits per heavy atom. The van der Waals surface area contributed by atoms with Crippen LogP contribution in [-0.4, -0.2) is 17.2 Å². The van der Waals surface area contributed by atoms with Crippen LogP contribution < -0.4 is 5.73 Å². The van der Waals surface area contributed by atoms with Crippen LogP contribution in [0.2, 0.25) is 0 Å². The van der Waals surface area contributed by atoms with Crippen LogP contribution in [-0.2, 0) is 16.1 Å². The number of carboxylic acid groups (broad SMARTS) is 1. The first-order valence-corrected chi connectivity index (χ1v) is 5.83. The molecule has 2 rings (SSSR count). The van der Waals surface area contributed by atoms with Crippen molar-refractivity contribution >= 4 is 11.7 Å². The average Bonchev–Trinajstić information content (AvgIpc) is 2.33. The van der Waals surface area contributed by atoms with E-state index in [-0.39, 0.29) is 12.5 Å². The van der Waals surface area contributed by atoms with Gasteiger partial charge in [-0.2, -0.15) is 0 Å². The molecule has 94 valence electrons. The molecule has 2 atom stereocenters. The van der Waals surface area contributed by atoms with Crippen LogP contribution in [0.1, 0.15) is 37.8 Å². The molecule has 0 saturated heterocycles. The fourth-order valence-electron chi connectivity index (χ4n) is 1.98. The highest BCUT2D eigenvalue weighted by molar-refractivity contribution is 5.74. The summed E-state index contributed by atoms with van der Waals surface area (Å²) < 4.78 is 5.28. The highest BCUT2D eigenvalue weighted by Gasteiger charge is 2.32. The predicted octanol–water partition coefficient (Wildman–Crippen LogP) is 2.38. The van der Waals surface area contributed by atoms with Crippen molar-refractivity contribution in [2.75, 3.05) is 5.73 Å². The Kier molecular flexibility index (Phi) is 4.52. The average molecular weight is 237 g/mol. The van der Waals surface area contributed by atoms with Crippen molar-refractivity contribution < 1.29 is 14.6 Å². The quantitative estimate of drug-likeness (QED) is 0.735. The lowest BCUT2D eigenvalue weighted by atomic mass is 9.88. The van der Waals surface area contributed by atoms with Gasteiger partial charge in [0.15, 0.2) is 6.10 Å². The third-order valence-electron chi connectivity index (χ3n) is 2.84. The number of nitrogen functional groups attached to an aromatic ring is 1. The Labute approximate surface area is 101 Å². The molecular formula is C13H19NO3. The van der Waals surface area contributed by atoms with Gasteiger partial charge in [-0.25, -0.2) is 4.79 Å². The lowest BCUT2D eigenvalue weighted by Gasteiger charge is -2.29. The monoisotopic (exact) mass is 237 g/mol. The van der Waals surface area contributed by atoms with Crippen LogP contribution in [0.5, 0.6) is 0 Å². The van der Waals surface area contributed by atoms with E-state index in [4.69, 9.17) is 15.6 Å². The number of aliphatic carboxylic acids is 1. The Morgan fingerprint density at radius 3 is 2.71 bits per heavy atom. The molecule has 1 aromatic rings. The number of hydrogen-bond donors (Lipinski definition) is 2. The second-order valence-corrected chi connectivity index (χ2v) is 3.77. The summed E-state index contributed by atoms with van der Waals surface area (Å²) in [5, 5.41) is 8.95. The van der Waals surface area contributed by atoms with Crippen LogP contribution in [0.25, 0.3) is 0 Å². The molecule has 1 aliphatic heterocycles. The van der Waals surface area contributed by atoms with Crippen molar-refractivity contribution in [1.82, 2.24) is 0 Å². The summed E-state index contributed by atoms with van der Waals surface area (Å²) in [5.41, 5.74) is 8.37. The van der Waals surface area contributed by atoms with Crippen LogP contribution in [0.4, 0.5) is 5.69 Å². The minimum atomic E-state index is -0.921. The molecule has 2 unspecified atom stereocenters. The van der Waals surface area contributed by atoms with Gasteiger partial charge in [0.25, 0.3) is 0 Å². The maximum absolute atomic E-state index is 10.9. The molecule has 0 fully saturated rings. The lowest BCUT2D eigenvalue weighted by molar-refractivity contribution is -0.153. The molecule has 1 aromatic carbocycles. The SMILES string of the molecule is CC.CC1c2cccc(N)c2COC1C(=O)O. The summed E-state index contributed by atoms with van der Waals surface area (Å²) in [7, 11) is 0. The number of ether oxygens (including phenoxy) is 1. The van der Waals surface area contributed by atoms with Crippen LogP contribution >= 0.6 is 0 Å². The van der Waals surface area contributed by atoms with Gasteiger partial charge in [-0.15, -0.1) is 0 Å². The maximum atomic E-state index is 10.9. The first kappa shape index (κ1) is 13.5. The van der Waals surface area contributed by atoms with Gasteiger partial charge in [0, 0.05) is 17.2 Å². The first-order valence-electron chi connectivity index (χ1n) is 5.83. The highest BCUT2D eigenvalue weighted by Crippen LogP contribution is 2.33. The van der Waals surface area contributed by atoms with E-state index >= 15 is 0 Å². The minimum Gasteiger partial charge on any atom is -0.479 e. The van der Waals surface area contributed by atoms with E-state index in [9.17, 15) is 4.79 Å². The topological polar surface area (TPSA) is 72.5 Å². The van der Waals surface area contributed by atoms with Crippen molar-refractivity contribution in [3.63, 3.8) is 0 Å². The van der Waals surface area contributed by atoms with Crippen LogP contribution in [0.3, 0.4) is 0 Å². The number of carbonyl (C=O) groups is 1. The summed E-state index contributed by atoms with van der Waals surface area (Å²) in [6.45, 7) is 6.12. The molecule has 0 aromatic heterocycles. The minimum absolute atomic E-state index is 0.158. The van der Waals surface area contributed by atoms with E-state index in [1.165, 1.54) is 0 Å². The number of carboxylic acids is 1. The van der Waals surface area contributed by atoms with Crippen molar-refractivity contribution in [1.29, 1.82) is 0 Å². The van der Waals surface area contributed by atoms with Gasteiger partial charge in [-0.05, 0) is 11.6 Å². The first-order chi connectivity index (χ1) is 8.11. The summed E-state index contributed by atoms with van der Waals surface area (Å²) in [6.07, 6.45) is -0.765. The predicted molar refractivity (Wildman–Crippen MR) is 66.8 cm³/mol. The van der Waals surface area contributed by atoms with Crippen molar-refractivity contribution in [2.24, 2.45) is 0 Å². The zero-order valence-electron chi connectivity index (χ0n) is 10.4. The van der Waals surface area contributed by atoms with Gasteiger partial charge in [0.2, 0.25) is 0 Å². The summed E-state index contributed by atoms with van der Waals surface area (Å²) >= 11 is 0. The molecule has 0 aliphatic carbocycles. The van der Waals surface area contributed by atoms with E-state index in [0.29, 0.717) is 5.69 Å². The van der Waals surface area contributed by atoms with Crippen LogP contribution in [0, 0.1) is 0 Å².